The van der Waals surface area contributed by atoms with E-state index in [1.54, 1.807) is 0 Å². The van der Waals surface area contributed by atoms with Crippen LogP contribution in [0.1, 0.15) is 52.9 Å². The van der Waals surface area contributed by atoms with Crippen molar-refractivity contribution in [2.45, 2.75) is 52.9 Å². The molecule has 14 heavy (non-hydrogen) atoms. The van der Waals surface area contributed by atoms with Crippen LogP contribution >= 0.6 is 0 Å². The van der Waals surface area contributed by atoms with Crippen molar-refractivity contribution >= 4 is 0 Å². The molecule has 0 fully saturated rings. The van der Waals surface area contributed by atoms with Crippen LogP contribution in [-0.4, -0.2) is 0 Å². The van der Waals surface area contributed by atoms with Crippen LogP contribution in [0.2, 0.25) is 0 Å². The summed E-state index contributed by atoms with van der Waals surface area (Å²) in [7, 11) is 0. The topological polar surface area (TPSA) is 0 Å². The fourth-order valence-corrected chi connectivity index (χ4v) is 1.65. The van der Waals surface area contributed by atoms with Gasteiger partial charge in [0, 0.05) is 0 Å². The molecule has 0 N–H and O–H groups in total. The molecule has 0 aromatic heterocycles. The zero-order valence-corrected chi connectivity index (χ0v) is 10.2. The quantitative estimate of drug-likeness (QED) is 0.478. The minimum atomic E-state index is 0.710. The van der Waals surface area contributed by atoms with Gasteiger partial charge in [-0.05, 0) is 38.0 Å². The molecule has 0 saturated carbocycles. The van der Waals surface area contributed by atoms with Gasteiger partial charge >= 0.3 is 0 Å². The van der Waals surface area contributed by atoms with Crippen LogP contribution in [0.3, 0.4) is 0 Å². The smallest absolute Gasteiger partial charge is 0.0206 e. The van der Waals surface area contributed by atoms with Gasteiger partial charge in [-0.3, -0.25) is 0 Å². The van der Waals surface area contributed by atoms with E-state index < -0.39 is 0 Å². The summed E-state index contributed by atoms with van der Waals surface area (Å²) < 4.78 is 0. The van der Waals surface area contributed by atoms with Gasteiger partial charge in [0.2, 0.25) is 0 Å². The lowest BCUT2D eigenvalue weighted by molar-refractivity contribution is 0.422. The molecule has 0 nitrogen and oxygen atoms in total. The maximum absolute atomic E-state index is 4.08. The van der Waals surface area contributed by atoms with E-state index in [0.717, 1.165) is 12.3 Å². The SMILES string of the molecule is C=CCC[C@@H](CC[C@@H](C)CC)C(=C)C. The first kappa shape index (κ1) is 13.5. The van der Waals surface area contributed by atoms with E-state index in [4.69, 9.17) is 0 Å². The lowest BCUT2D eigenvalue weighted by atomic mass is 9.88. The Hall–Kier alpha value is -0.520. The van der Waals surface area contributed by atoms with Crippen LogP contribution < -0.4 is 0 Å². The number of rotatable bonds is 8. The summed E-state index contributed by atoms with van der Waals surface area (Å²) >= 11 is 0. The molecule has 0 bridgehead atoms. The first-order valence-corrected chi connectivity index (χ1v) is 5.88. The van der Waals surface area contributed by atoms with E-state index in [1.165, 1.54) is 31.3 Å². The Morgan fingerprint density at radius 2 is 1.93 bits per heavy atom. The summed E-state index contributed by atoms with van der Waals surface area (Å²) in [6.07, 6.45) is 8.31. The molecule has 0 aliphatic carbocycles. The maximum Gasteiger partial charge on any atom is -0.0206 e. The van der Waals surface area contributed by atoms with Crippen molar-refractivity contribution in [3.63, 3.8) is 0 Å². The summed E-state index contributed by atoms with van der Waals surface area (Å²) in [4.78, 5) is 0. The summed E-state index contributed by atoms with van der Waals surface area (Å²) in [5.74, 6) is 1.57. The van der Waals surface area contributed by atoms with Crippen molar-refractivity contribution in [2.24, 2.45) is 11.8 Å². The van der Waals surface area contributed by atoms with Crippen molar-refractivity contribution < 1.29 is 0 Å². The predicted molar refractivity (Wildman–Crippen MR) is 66.4 cm³/mol. The zero-order valence-electron chi connectivity index (χ0n) is 10.2. The van der Waals surface area contributed by atoms with E-state index in [-0.39, 0.29) is 0 Å². The van der Waals surface area contributed by atoms with Gasteiger partial charge in [0.25, 0.3) is 0 Å². The van der Waals surface area contributed by atoms with E-state index in [2.05, 4.69) is 33.9 Å². The van der Waals surface area contributed by atoms with Crippen molar-refractivity contribution in [1.29, 1.82) is 0 Å². The highest BCUT2D eigenvalue weighted by Crippen LogP contribution is 2.24. The van der Waals surface area contributed by atoms with Crippen molar-refractivity contribution in [1.82, 2.24) is 0 Å². The van der Waals surface area contributed by atoms with Gasteiger partial charge in [-0.2, -0.15) is 0 Å². The molecule has 0 amide bonds. The number of hydrogen-bond donors (Lipinski definition) is 0. The van der Waals surface area contributed by atoms with Crippen LogP contribution in [0.4, 0.5) is 0 Å². The Labute approximate surface area is 90.1 Å². The Kier molecular flexibility index (Phi) is 7.55. The molecule has 0 rings (SSSR count). The van der Waals surface area contributed by atoms with Crippen LogP contribution in [0, 0.1) is 11.8 Å². The van der Waals surface area contributed by atoms with E-state index in [9.17, 15) is 0 Å². The van der Waals surface area contributed by atoms with E-state index in [0.29, 0.717) is 5.92 Å². The second-order valence-corrected chi connectivity index (χ2v) is 4.50. The summed E-state index contributed by atoms with van der Waals surface area (Å²) in [5, 5.41) is 0. The molecule has 0 spiro atoms. The molecular weight excluding hydrogens is 168 g/mol. The van der Waals surface area contributed by atoms with Crippen LogP contribution in [0.15, 0.2) is 24.8 Å². The Bertz CT molecular complexity index is 167. The standard InChI is InChI=1S/C14H26/c1-6-8-9-14(12(3)4)11-10-13(5)7-2/h6,13-14H,1,3,7-11H2,2,4-5H3/t13-,14-/m0/s1. The number of hydrogen-bond acceptors (Lipinski definition) is 0. The largest absolute Gasteiger partial charge is 0.103 e. The molecule has 0 aliphatic heterocycles. The van der Waals surface area contributed by atoms with Gasteiger partial charge in [-0.1, -0.05) is 44.9 Å². The third-order valence-corrected chi connectivity index (χ3v) is 3.12. The Morgan fingerprint density at radius 1 is 1.29 bits per heavy atom. The lowest BCUT2D eigenvalue weighted by Gasteiger charge is -2.18. The van der Waals surface area contributed by atoms with Gasteiger partial charge in [0.15, 0.2) is 0 Å². The predicted octanol–water partition coefficient (Wildman–Crippen LogP) is 4.97. The second kappa shape index (κ2) is 7.84. The van der Waals surface area contributed by atoms with Crippen LogP contribution in [0.5, 0.6) is 0 Å². The molecule has 0 aromatic carbocycles. The van der Waals surface area contributed by atoms with Crippen molar-refractivity contribution in [2.75, 3.05) is 0 Å². The average Bonchev–Trinajstić information content (AvgIpc) is 2.16. The maximum atomic E-state index is 4.08. The highest BCUT2D eigenvalue weighted by Gasteiger charge is 2.10. The normalized spacial score (nSPS) is 14.8. The molecule has 0 saturated heterocycles. The first-order valence-electron chi connectivity index (χ1n) is 5.88. The molecule has 0 radical (unpaired) electrons. The molecule has 0 aromatic rings. The molecule has 2 atom stereocenters. The molecule has 0 heterocycles. The second-order valence-electron chi connectivity index (χ2n) is 4.50. The number of allylic oxidation sites excluding steroid dienone is 2. The summed E-state index contributed by atoms with van der Waals surface area (Å²) in [6, 6.07) is 0. The van der Waals surface area contributed by atoms with Gasteiger partial charge < -0.3 is 0 Å². The van der Waals surface area contributed by atoms with Crippen LogP contribution in [-0.2, 0) is 0 Å². The van der Waals surface area contributed by atoms with Gasteiger partial charge in [-0.25, -0.2) is 0 Å². The molecule has 0 unspecified atom stereocenters. The molecule has 0 heteroatoms. The van der Waals surface area contributed by atoms with Crippen LogP contribution in [0.25, 0.3) is 0 Å². The third kappa shape index (κ3) is 6.01. The molecule has 82 valence electrons. The van der Waals surface area contributed by atoms with Gasteiger partial charge in [0.05, 0.1) is 0 Å². The van der Waals surface area contributed by atoms with Crippen molar-refractivity contribution in [3.05, 3.63) is 24.8 Å². The van der Waals surface area contributed by atoms with Gasteiger partial charge in [-0.15, -0.1) is 6.58 Å². The Balaban J connectivity index is 3.84. The highest BCUT2D eigenvalue weighted by atomic mass is 14.2. The van der Waals surface area contributed by atoms with E-state index in [1.807, 2.05) is 6.08 Å². The Morgan fingerprint density at radius 3 is 2.36 bits per heavy atom. The average molecular weight is 194 g/mol. The van der Waals surface area contributed by atoms with E-state index >= 15 is 0 Å². The molecule has 0 aliphatic rings. The zero-order chi connectivity index (χ0) is 11.0. The summed E-state index contributed by atoms with van der Waals surface area (Å²) in [5.41, 5.74) is 1.34. The third-order valence-electron chi connectivity index (χ3n) is 3.12. The monoisotopic (exact) mass is 194 g/mol. The fraction of sp³-hybridized carbons (Fsp3) is 0.714. The highest BCUT2D eigenvalue weighted by molar-refractivity contribution is 4.96. The first-order chi connectivity index (χ1) is 6.61. The summed E-state index contributed by atoms with van der Waals surface area (Å²) in [6.45, 7) is 14.6. The van der Waals surface area contributed by atoms with Crippen molar-refractivity contribution in [3.8, 4) is 0 Å². The minimum Gasteiger partial charge on any atom is -0.103 e. The van der Waals surface area contributed by atoms with Gasteiger partial charge in [0.1, 0.15) is 0 Å². The fourth-order valence-electron chi connectivity index (χ4n) is 1.65. The molecular formula is C14H26. The minimum absolute atomic E-state index is 0.710. The lowest BCUT2D eigenvalue weighted by Crippen LogP contribution is -2.04.